The molecule has 0 spiro atoms. The molecule has 22 heavy (non-hydrogen) atoms. The van der Waals surface area contributed by atoms with Gasteiger partial charge in [0.15, 0.2) is 0 Å². The molecule has 1 unspecified atom stereocenters. The molecule has 0 bridgehead atoms. The van der Waals surface area contributed by atoms with Crippen LogP contribution < -0.4 is 5.32 Å². The normalized spacial score (nSPS) is 17.7. The maximum absolute atomic E-state index is 12.9. The molecule has 4 heteroatoms. The van der Waals surface area contributed by atoms with Crippen LogP contribution in [0.2, 0.25) is 0 Å². The Balaban J connectivity index is 1.98. The van der Waals surface area contributed by atoms with Crippen molar-refractivity contribution in [2.75, 3.05) is 40.3 Å². The molecule has 122 valence electrons. The summed E-state index contributed by atoms with van der Waals surface area (Å²) in [7, 11) is 3.96. The highest BCUT2D eigenvalue weighted by Crippen LogP contribution is 2.24. The van der Waals surface area contributed by atoms with Crippen molar-refractivity contribution in [3.8, 4) is 0 Å². The highest BCUT2D eigenvalue weighted by atomic mass is 16.2. The molecule has 1 heterocycles. The zero-order valence-electron chi connectivity index (χ0n) is 14.1. The Bertz CT molecular complexity index is 453. The number of rotatable bonds is 6. The van der Waals surface area contributed by atoms with Gasteiger partial charge in [0.2, 0.25) is 5.91 Å². The highest BCUT2D eigenvalue weighted by molar-refractivity contribution is 5.83. The standard InChI is InChI=1S/C18H29N3O/c1-4-19-14-15-10-12-21(13-11-15)18(22)17(20(2)3)16-8-6-5-7-9-16/h5-9,15,17,19H,4,10-14H2,1-3H3. The topological polar surface area (TPSA) is 35.6 Å². The molecule has 2 rings (SSSR count). The van der Waals surface area contributed by atoms with Gasteiger partial charge >= 0.3 is 0 Å². The van der Waals surface area contributed by atoms with Crippen LogP contribution in [0.4, 0.5) is 0 Å². The number of nitrogens with zero attached hydrogens (tertiary/aromatic N) is 2. The zero-order valence-corrected chi connectivity index (χ0v) is 14.1. The quantitative estimate of drug-likeness (QED) is 0.874. The molecule has 0 saturated carbocycles. The van der Waals surface area contributed by atoms with E-state index in [0.717, 1.165) is 44.6 Å². The predicted molar refractivity (Wildman–Crippen MR) is 90.7 cm³/mol. The fraction of sp³-hybridized carbons (Fsp3) is 0.611. The van der Waals surface area contributed by atoms with Gasteiger partial charge in [-0.25, -0.2) is 0 Å². The van der Waals surface area contributed by atoms with Crippen molar-refractivity contribution in [1.29, 1.82) is 0 Å². The Hall–Kier alpha value is -1.39. The lowest BCUT2D eigenvalue weighted by Crippen LogP contribution is -2.45. The number of likely N-dealkylation sites (N-methyl/N-ethyl adjacent to an activating group) is 1. The van der Waals surface area contributed by atoms with Crippen molar-refractivity contribution < 1.29 is 4.79 Å². The second-order valence-electron chi connectivity index (χ2n) is 6.35. The van der Waals surface area contributed by atoms with E-state index in [9.17, 15) is 4.79 Å². The van der Waals surface area contributed by atoms with Crippen molar-refractivity contribution >= 4 is 5.91 Å². The first kappa shape index (κ1) is 17.0. The van der Waals surface area contributed by atoms with E-state index in [2.05, 4.69) is 12.2 Å². The van der Waals surface area contributed by atoms with Crippen LogP contribution in [0.25, 0.3) is 0 Å². The van der Waals surface area contributed by atoms with E-state index in [1.165, 1.54) is 0 Å². The SMILES string of the molecule is CCNCC1CCN(C(=O)C(c2ccccc2)N(C)C)CC1. The summed E-state index contributed by atoms with van der Waals surface area (Å²) < 4.78 is 0. The van der Waals surface area contributed by atoms with E-state index < -0.39 is 0 Å². The maximum Gasteiger partial charge on any atom is 0.244 e. The molecule has 1 aromatic carbocycles. The number of amides is 1. The molecule has 1 aliphatic heterocycles. The van der Waals surface area contributed by atoms with Gasteiger partial charge in [-0.15, -0.1) is 0 Å². The molecule has 0 radical (unpaired) electrons. The molecule has 4 nitrogen and oxygen atoms in total. The number of nitrogens with one attached hydrogen (secondary N) is 1. The van der Waals surface area contributed by atoms with E-state index >= 15 is 0 Å². The number of piperidine rings is 1. The number of likely N-dealkylation sites (tertiary alicyclic amines) is 1. The molecule has 1 fully saturated rings. The van der Waals surface area contributed by atoms with Gasteiger partial charge in [-0.3, -0.25) is 9.69 Å². The summed E-state index contributed by atoms with van der Waals surface area (Å²) >= 11 is 0. The average Bonchev–Trinajstić information content (AvgIpc) is 2.54. The van der Waals surface area contributed by atoms with Crippen LogP contribution in [-0.2, 0) is 4.79 Å². The number of hydrogen-bond donors (Lipinski definition) is 1. The molecule has 0 aromatic heterocycles. The van der Waals surface area contributed by atoms with Gasteiger partial charge in [0.1, 0.15) is 6.04 Å². The summed E-state index contributed by atoms with van der Waals surface area (Å²) in [6.07, 6.45) is 2.21. The van der Waals surface area contributed by atoms with Crippen molar-refractivity contribution in [3.05, 3.63) is 35.9 Å². The van der Waals surface area contributed by atoms with Crippen molar-refractivity contribution in [2.45, 2.75) is 25.8 Å². The first-order valence-electron chi connectivity index (χ1n) is 8.34. The van der Waals surface area contributed by atoms with Crippen LogP contribution in [-0.4, -0.2) is 56.0 Å². The average molecular weight is 303 g/mol. The van der Waals surface area contributed by atoms with Gasteiger partial charge in [-0.1, -0.05) is 37.3 Å². The van der Waals surface area contributed by atoms with Gasteiger partial charge in [0.05, 0.1) is 0 Å². The molecule has 1 amide bonds. The largest absolute Gasteiger partial charge is 0.341 e. The van der Waals surface area contributed by atoms with Crippen LogP contribution in [0.15, 0.2) is 30.3 Å². The highest BCUT2D eigenvalue weighted by Gasteiger charge is 2.30. The zero-order chi connectivity index (χ0) is 15.9. The van der Waals surface area contributed by atoms with Crippen molar-refractivity contribution in [3.63, 3.8) is 0 Å². The molecular formula is C18H29N3O. The van der Waals surface area contributed by atoms with E-state index in [1.807, 2.05) is 54.2 Å². The Morgan fingerprint density at radius 1 is 1.27 bits per heavy atom. The lowest BCUT2D eigenvalue weighted by Gasteiger charge is -2.36. The minimum Gasteiger partial charge on any atom is -0.341 e. The summed E-state index contributed by atoms with van der Waals surface area (Å²) in [5, 5.41) is 3.42. The summed E-state index contributed by atoms with van der Waals surface area (Å²) in [6.45, 7) is 6.00. The van der Waals surface area contributed by atoms with Crippen LogP contribution in [0.1, 0.15) is 31.4 Å². The van der Waals surface area contributed by atoms with Gasteiger partial charge in [-0.2, -0.15) is 0 Å². The van der Waals surface area contributed by atoms with E-state index in [4.69, 9.17) is 0 Å². The summed E-state index contributed by atoms with van der Waals surface area (Å²) in [6, 6.07) is 9.91. The van der Waals surface area contributed by atoms with E-state index in [-0.39, 0.29) is 11.9 Å². The molecule has 0 aliphatic carbocycles. The molecular weight excluding hydrogens is 274 g/mol. The summed E-state index contributed by atoms with van der Waals surface area (Å²) in [5.74, 6) is 0.941. The second-order valence-corrected chi connectivity index (χ2v) is 6.35. The van der Waals surface area contributed by atoms with Crippen LogP contribution >= 0.6 is 0 Å². The molecule has 1 aromatic rings. The first-order valence-corrected chi connectivity index (χ1v) is 8.34. The number of hydrogen-bond acceptors (Lipinski definition) is 3. The van der Waals surface area contributed by atoms with Gasteiger partial charge < -0.3 is 10.2 Å². The Morgan fingerprint density at radius 2 is 1.91 bits per heavy atom. The van der Waals surface area contributed by atoms with Crippen molar-refractivity contribution in [1.82, 2.24) is 15.1 Å². The Kier molecular flexibility index (Phi) is 6.40. The smallest absolute Gasteiger partial charge is 0.244 e. The Labute approximate surface area is 134 Å². The molecule has 1 aliphatic rings. The lowest BCUT2D eigenvalue weighted by atomic mass is 9.95. The summed E-state index contributed by atoms with van der Waals surface area (Å²) in [4.78, 5) is 17.0. The maximum atomic E-state index is 12.9. The minimum atomic E-state index is -0.175. The van der Waals surface area contributed by atoms with Crippen LogP contribution in [0.5, 0.6) is 0 Å². The fourth-order valence-electron chi connectivity index (χ4n) is 3.18. The first-order chi connectivity index (χ1) is 10.6. The van der Waals surface area contributed by atoms with Crippen LogP contribution in [0, 0.1) is 5.92 Å². The molecule has 1 saturated heterocycles. The third-order valence-electron chi connectivity index (χ3n) is 4.47. The number of carbonyl (C=O) groups excluding carboxylic acids is 1. The minimum absolute atomic E-state index is 0.175. The second kappa shape index (κ2) is 8.30. The third kappa shape index (κ3) is 4.31. The summed E-state index contributed by atoms with van der Waals surface area (Å²) in [5.41, 5.74) is 1.08. The van der Waals surface area contributed by atoms with Gasteiger partial charge in [-0.05, 0) is 51.5 Å². The predicted octanol–water partition coefficient (Wildman–Crippen LogP) is 2.14. The Morgan fingerprint density at radius 3 is 2.45 bits per heavy atom. The van der Waals surface area contributed by atoms with E-state index in [1.54, 1.807) is 0 Å². The molecule has 1 N–H and O–H groups in total. The number of benzene rings is 1. The van der Waals surface area contributed by atoms with Crippen molar-refractivity contribution in [2.24, 2.45) is 5.92 Å². The van der Waals surface area contributed by atoms with Crippen LogP contribution in [0.3, 0.4) is 0 Å². The van der Waals surface area contributed by atoms with Gasteiger partial charge in [0.25, 0.3) is 0 Å². The number of carbonyl (C=O) groups is 1. The molecule has 1 atom stereocenters. The van der Waals surface area contributed by atoms with Gasteiger partial charge in [0, 0.05) is 13.1 Å². The third-order valence-corrected chi connectivity index (χ3v) is 4.47. The lowest BCUT2D eigenvalue weighted by molar-refractivity contribution is -0.137. The fourth-order valence-corrected chi connectivity index (χ4v) is 3.18. The van der Waals surface area contributed by atoms with E-state index in [0.29, 0.717) is 5.92 Å². The monoisotopic (exact) mass is 303 g/mol.